The summed E-state index contributed by atoms with van der Waals surface area (Å²) in [6, 6.07) is 2.54. The first-order valence-corrected chi connectivity index (χ1v) is 11.2. The second-order valence-electron chi connectivity index (χ2n) is 6.73. The fraction of sp³-hybridized carbons (Fsp3) is 0.333. The molecule has 0 N–H and O–H groups in total. The molecule has 0 saturated carbocycles. The summed E-state index contributed by atoms with van der Waals surface area (Å²) in [5, 5.41) is 0. The van der Waals surface area contributed by atoms with E-state index in [4.69, 9.17) is 11.2 Å². The summed E-state index contributed by atoms with van der Waals surface area (Å²) < 4.78 is 178. The lowest BCUT2D eigenvalue weighted by atomic mass is 10.1. The number of benzene rings is 2. The van der Waals surface area contributed by atoms with E-state index in [0.717, 1.165) is 0 Å². The van der Waals surface area contributed by atoms with Crippen LogP contribution in [0.4, 0.5) is 52.7 Å². The van der Waals surface area contributed by atoms with Crippen LogP contribution in [0.5, 0.6) is 0 Å². The molecule has 2 rings (SSSR count). The molecule has 2 aromatic carbocycles. The van der Waals surface area contributed by atoms with Crippen LogP contribution >= 0.6 is 18.2 Å². The number of hydrogen-bond donors (Lipinski definition) is 0. The molecule has 0 aliphatic heterocycles. The van der Waals surface area contributed by atoms with Crippen molar-refractivity contribution in [3.63, 3.8) is 0 Å². The highest BCUT2D eigenvalue weighted by Crippen LogP contribution is 2.63. The average Bonchev–Trinajstić information content (AvgIpc) is 2.68. The molecule has 2 atom stereocenters. The quantitative estimate of drug-likeness (QED) is 0.258. The van der Waals surface area contributed by atoms with Crippen LogP contribution < -0.4 is 0 Å². The molecule has 0 aliphatic carbocycles. The van der Waals surface area contributed by atoms with Gasteiger partial charge >= 0.3 is 31.7 Å². The molecule has 0 saturated heterocycles. The third-order valence-corrected chi connectivity index (χ3v) is 5.49. The lowest BCUT2D eigenvalue weighted by Crippen LogP contribution is -2.26. The van der Waals surface area contributed by atoms with Crippen LogP contribution in [0.1, 0.15) is 34.5 Å². The molecule has 3 nitrogen and oxygen atoms in total. The monoisotopic (exact) mass is 568 g/mol. The van der Waals surface area contributed by atoms with Crippen molar-refractivity contribution in [2.24, 2.45) is 0 Å². The zero-order chi connectivity index (χ0) is 27.0. The maximum Gasteiger partial charge on any atom is 0.426 e. The minimum Gasteiger partial charge on any atom is -0.279 e. The van der Waals surface area contributed by atoms with Gasteiger partial charge in [0.05, 0.1) is 11.1 Å². The summed E-state index contributed by atoms with van der Waals surface area (Å²) in [5.41, 5.74) is -5.87. The maximum atomic E-state index is 13.5. The molecule has 0 heterocycles. The number of rotatable bonds is 6. The van der Waals surface area contributed by atoms with Crippen molar-refractivity contribution in [3.8, 4) is 0 Å². The Bertz CT molecular complexity index is 996. The van der Waals surface area contributed by atoms with Crippen molar-refractivity contribution in [1.82, 2.24) is 0 Å². The second kappa shape index (κ2) is 9.83. The molecular formula is C18H10ClF12O3P. The first kappa shape index (κ1) is 29.3. The normalized spacial score (nSPS) is 17.1. The smallest absolute Gasteiger partial charge is 0.279 e. The standard InChI is InChI=1S/C18H10ClF12O3P/c19-35(32,33-13(17(26,27)28)9-3-1-5-11(7-9)15(20,21)22)34-14(18(29,30)31)10-4-2-6-12(8-10)16(23,24)25/h1-8,13-14H. The van der Waals surface area contributed by atoms with E-state index in [9.17, 15) is 57.3 Å². The third kappa shape index (κ3) is 8.02. The van der Waals surface area contributed by atoms with E-state index < -0.39 is 66.1 Å². The Kier molecular flexibility index (Phi) is 8.22. The van der Waals surface area contributed by atoms with Gasteiger partial charge in [-0.15, -0.1) is 0 Å². The van der Waals surface area contributed by atoms with Gasteiger partial charge < -0.3 is 0 Å². The summed E-state index contributed by atoms with van der Waals surface area (Å²) in [5.74, 6) is 0. The largest absolute Gasteiger partial charge is 0.426 e. The first-order chi connectivity index (χ1) is 15.6. The van der Waals surface area contributed by atoms with Crippen molar-refractivity contribution < 1.29 is 66.3 Å². The third-order valence-electron chi connectivity index (χ3n) is 4.09. The fourth-order valence-electron chi connectivity index (χ4n) is 2.65. The van der Waals surface area contributed by atoms with Crippen LogP contribution in [0.2, 0.25) is 0 Å². The molecule has 0 fully saturated rings. The van der Waals surface area contributed by atoms with E-state index in [2.05, 4.69) is 9.05 Å². The van der Waals surface area contributed by atoms with Gasteiger partial charge in [0.1, 0.15) is 0 Å². The zero-order valence-corrected chi connectivity index (χ0v) is 18.0. The summed E-state index contributed by atoms with van der Waals surface area (Å²) in [6.45, 7) is -5.97. The van der Waals surface area contributed by atoms with Gasteiger partial charge in [0.25, 0.3) is 0 Å². The molecule has 0 bridgehead atoms. The number of hydrogen-bond acceptors (Lipinski definition) is 3. The van der Waals surface area contributed by atoms with Crippen LogP contribution in [0.15, 0.2) is 48.5 Å². The van der Waals surface area contributed by atoms with Crippen LogP contribution in [0.25, 0.3) is 0 Å². The van der Waals surface area contributed by atoms with Crippen LogP contribution in [-0.2, 0) is 26.0 Å². The predicted octanol–water partition coefficient (Wildman–Crippen LogP) is 9.01. The molecule has 35 heavy (non-hydrogen) atoms. The van der Waals surface area contributed by atoms with E-state index in [-0.39, 0.29) is 12.1 Å². The Balaban J connectivity index is 2.46. The van der Waals surface area contributed by atoms with E-state index in [0.29, 0.717) is 36.4 Å². The molecule has 2 aromatic rings. The van der Waals surface area contributed by atoms with Crippen molar-refractivity contribution in [2.45, 2.75) is 36.9 Å². The molecule has 0 amide bonds. The molecular weight excluding hydrogens is 559 g/mol. The van der Waals surface area contributed by atoms with Gasteiger partial charge in [-0.1, -0.05) is 24.3 Å². The van der Waals surface area contributed by atoms with Gasteiger partial charge in [-0.3, -0.25) is 9.05 Å². The van der Waals surface area contributed by atoms with E-state index in [1.54, 1.807) is 0 Å². The minimum absolute atomic E-state index is 0.0664. The molecule has 0 aliphatic rings. The highest BCUT2D eigenvalue weighted by molar-refractivity contribution is 7.81. The Hall–Kier alpha value is -1.96. The second-order valence-corrected chi connectivity index (χ2v) is 9.26. The lowest BCUT2D eigenvalue weighted by Gasteiger charge is -2.27. The Morgan fingerprint density at radius 1 is 0.629 bits per heavy atom. The van der Waals surface area contributed by atoms with Gasteiger partial charge in [0, 0.05) is 11.2 Å². The summed E-state index contributed by atoms with van der Waals surface area (Å²) >= 11 is 5.16. The van der Waals surface area contributed by atoms with E-state index >= 15 is 0 Å². The topological polar surface area (TPSA) is 35.5 Å². The molecule has 17 heteroatoms. The highest BCUT2D eigenvalue weighted by Gasteiger charge is 2.51. The van der Waals surface area contributed by atoms with Gasteiger partial charge in [-0.25, -0.2) is 4.57 Å². The highest BCUT2D eigenvalue weighted by atomic mass is 35.7. The van der Waals surface area contributed by atoms with Gasteiger partial charge in [0.15, 0.2) is 12.2 Å². The maximum absolute atomic E-state index is 13.5. The molecule has 0 spiro atoms. The van der Waals surface area contributed by atoms with Crippen LogP contribution in [0, 0.1) is 0 Å². The molecule has 196 valence electrons. The summed E-state index contributed by atoms with van der Waals surface area (Å²) in [6.07, 6.45) is -28.7. The predicted molar refractivity (Wildman–Crippen MR) is 96.1 cm³/mol. The van der Waals surface area contributed by atoms with E-state index in [1.165, 1.54) is 0 Å². The number of halogens is 13. The molecule has 0 radical (unpaired) electrons. The van der Waals surface area contributed by atoms with Crippen molar-refractivity contribution in [2.75, 3.05) is 0 Å². The number of alkyl halides is 12. The lowest BCUT2D eigenvalue weighted by molar-refractivity contribution is -0.212. The van der Waals surface area contributed by atoms with Crippen molar-refractivity contribution >= 4 is 18.2 Å². The van der Waals surface area contributed by atoms with Crippen LogP contribution in [-0.4, -0.2) is 12.4 Å². The summed E-state index contributed by atoms with van der Waals surface area (Å²) in [7, 11) is 0. The first-order valence-electron chi connectivity index (χ1n) is 8.75. The van der Waals surface area contributed by atoms with E-state index in [1.807, 2.05) is 0 Å². The van der Waals surface area contributed by atoms with Gasteiger partial charge in [-0.05, 0) is 35.4 Å². The summed E-state index contributed by atoms with van der Waals surface area (Å²) in [4.78, 5) is 0. The van der Waals surface area contributed by atoms with Crippen molar-refractivity contribution in [1.29, 1.82) is 0 Å². The molecule has 0 aromatic heterocycles. The van der Waals surface area contributed by atoms with Crippen LogP contribution in [0.3, 0.4) is 0 Å². The SMILES string of the molecule is O=P(Cl)(OC(c1cccc(C(F)(F)F)c1)C(F)(F)F)OC(c1cccc(C(F)(F)F)c1)C(F)(F)F. The van der Waals surface area contributed by atoms with Crippen molar-refractivity contribution in [3.05, 3.63) is 70.8 Å². The van der Waals surface area contributed by atoms with Gasteiger partial charge in [-0.2, -0.15) is 52.7 Å². The Morgan fingerprint density at radius 3 is 1.20 bits per heavy atom. The Morgan fingerprint density at radius 2 is 0.943 bits per heavy atom. The average molecular weight is 569 g/mol. The zero-order valence-electron chi connectivity index (χ0n) is 16.4. The minimum atomic E-state index is -5.97. The Labute approximate surface area is 192 Å². The molecule has 2 unspecified atom stereocenters. The van der Waals surface area contributed by atoms with Gasteiger partial charge in [0.2, 0.25) is 0 Å². The fourth-order valence-corrected chi connectivity index (χ4v) is 4.17.